The molecule has 0 radical (unpaired) electrons. The molecule has 0 aliphatic carbocycles. The van der Waals surface area contributed by atoms with Gasteiger partial charge in [-0.15, -0.1) is 0 Å². The van der Waals surface area contributed by atoms with Gasteiger partial charge in [0.15, 0.2) is 12.4 Å². The first-order chi connectivity index (χ1) is 15.7. The number of furan rings is 1. The Labute approximate surface area is 185 Å². The average Bonchev–Trinajstić information content (AvgIpc) is 3.39. The van der Waals surface area contributed by atoms with Crippen molar-refractivity contribution in [3.8, 4) is 5.75 Å². The van der Waals surface area contributed by atoms with Gasteiger partial charge < -0.3 is 19.8 Å². The molecule has 0 aliphatic rings. The number of hydrogen-bond donors (Lipinski definition) is 2. The van der Waals surface area contributed by atoms with E-state index >= 15 is 0 Å². The number of carbonyl (C=O) groups excluding carboxylic acids is 2. The molecule has 6 heteroatoms. The molecule has 2 amide bonds. The summed E-state index contributed by atoms with van der Waals surface area (Å²) in [6.45, 7) is -0.131. The number of anilines is 1. The second-order valence-corrected chi connectivity index (χ2v) is 7.07. The van der Waals surface area contributed by atoms with Gasteiger partial charge in [-0.25, -0.2) is 0 Å². The van der Waals surface area contributed by atoms with Crippen LogP contribution in [-0.4, -0.2) is 18.4 Å². The first kappa shape index (κ1) is 20.9. The Balaban J connectivity index is 1.35. The summed E-state index contributed by atoms with van der Waals surface area (Å²) in [4.78, 5) is 24.6. The van der Waals surface area contributed by atoms with Crippen molar-refractivity contribution in [3.05, 3.63) is 120 Å². The Morgan fingerprint density at radius 2 is 1.41 bits per heavy atom. The van der Waals surface area contributed by atoms with Crippen LogP contribution in [0.5, 0.6) is 5.75 Å². The maximum absolute atomic E-state index is 12.6. The van der Waals surface area contributed by atoms with Crippen LogP contribution in [0.4, 0.5) is 5.69 Å². The van der Waals surface area contributed by atoms with Gasteiger partial charge in [-0.1, -0.05) is 60.7 Å². The van der Waals surface area contributed by atoms with Gasteiger partial charge in [-0.2, -0.15) is 0 Å². The molecule has 0 saturated heterocycles. The molecule has 2 N–H and O–H groups in total. The van der Waals surface area contributed by atoms with E-state index in [9.17, 15) is 9.59 Å². The lowest BCUT2D eigenvalue weighted by Crippen LogP contribution is -2.33. The van der Waals surface area contributed by atoms with Crippen LogP contribution in [0.25, 0.3) is 0 Å². The zero-order valence-electron chi connectivity index (χ0n) is 17.2. The molecule has 4 aromatic rings. The summed E-state index contributed by atoms with van der Waals surface area (Å²) in [5, 5.41) is 5.77. The first-order valence-corrected chi connectivity index (χ1v) is 10.2. The van der Waals surface area contributed by atoms with Gasteiger partial charge in [0.25, 0.3) is 11.8 Å². The molecule has 160 valence electrons. The van der Waals surface area contributed by atoms with Crippen LogP contribution in [0.3, 0.4) is 0 Å². The molecule has 0 spiro atoms. The van der Waals surface area contributed by atoms with E-state index in [0.29, 0.717) is 11.4 Å². The predicted molar refractivity (Wildman–Crippen MR) is 121 cm³/mol. The van der Waals surface area contributed by atoms with Gasteiger partial charge in [0.1, 0.15) is 5.75 Å². The van der Waals surface area contributed by atoms with Gasteiger partial charge in [0.2, 0.25) is 0 Å². The largest absolute Gasteiger partial charge is 0.484 e. The predicted octanol–water partition coefficient (Wildman–Crippen LogP) is 4.82. The third-order valence-corrected chi connectivity index (χ3v) is 4.80. The second kappa shape index (κ2) is 10.1. The van der Waals surface area contributed by atoms with Crippen molar-refractivity contribution in [2.45, 2.75) is 6.04 Å². The van der Waals surface area contributed by atoms with Crippen LogP contribution in [0.2, 0.25) is 0 Å². The van der Waals surface area contributed by atoms with Crippen molar-refractivity contribution in [2.24, 2.45) is 0 Å². The number of benzene rings is 3. The van der Waals surface area contributed by atoms with E-state index in [1.165, 1.54) is 6.26 Å². The van der Waals surface area contributed by atoms with Crippen molar-refractivity contribution in [1.82, 2.24) is 5.32 Å². The Kier molecular flexibility index (Phi) is 6.63. The van der Waals surface area contributed by atoms with Crippen LogP contribution in [0.1, 0.15) is 27.7 Å². The Morgan fingerprint density at radius 3 is 1.97 bits per heavy atom. The Hall–Kier alpha value is -4.32. The fraction of sp³-hybridized carbons (Fsp3) is 0.0769. The first-order valence-electron chi connectivity index (χ1n) is 10.2. The summed E-state index contributed by atoms with van der Waals surface area (Å²) in [7, 11) is 0. The normalized spacial score (nSPS) is 10.5. The topological polar surface area (TPSA) is 80.6 Å². The lowest BCUT2D eigenvalue weighted by Gasteiger charge is -2.20. The minimum absolute atomic E-state index is 0.131. The number of ether oxygens (including phenoxy) is 1. The highest BCUT2D eigenvalue weighted by atomic mass is 16.5. The summed E-state index contributed by atoms with van der Waals surface area (Å²) in [5.41, 5.74) is 2.57. The van der Waals surface area contributed by atoms with Crippen molar-refractivity contribution in [1.29, 1.82) is 0 Å². The monoisotopic (exact) mass is 426 g/mol. The van der Waals surface area contributed by atoms with E-state index < -0.39 is 0 Å². The van der Waals surface area contributed by atoms with Gasteiger partial charge in [-0.05, 0) is 47.5 Å². The molecule has 0 aliphatic heterocycles. The molecule has 1 heterocycles. The maximum Gasteiger partial charge on any atom is 0.291 e. The fourth-order valence-electron chi connectivity index (χ4n) is 3.24. The summed E-state index contributed by atoms with van der Waals surface area (Å²) in [6, 6.07) is 29.3. The molecule has 0 bridgehead atoms. The molecule has 4 rings (SSSR count). The van der Waals surface area contributed by atoms with E-state index in [1.54, 1.807) is 36.4 Å². The van der Waals surface area contributed by atoms with E-state index in [4.69, 9.17) is 9.15 Å². The van der Waals surface area contributed by atoms with Gasteiger partial charge in [-0.3, -0.25) is 9.59 Å². The van der Waals surface area contributed by atoms with Gasteiger partial charge in [0.05, 0.1) is 12.3 Å². The van der Waals surface area contributed by atoms with Crippen LogP contribution < -0.4 is 15.4 Å². The summed E-state index contributed by atoms with van der Waals surface area (Å²) < 4.78 is 10.7. The average molecular weight is 426 g/mol. The number of rotatable bonds is 8. The number of nitrogens with one attached hydrogen (secondary N) is 2. The second-order valence-electron chi connectivity index (χ2n) is 7.07. The molecule has 32 heavy (non-hydrogen) atoms. The molecule has 6 nitrogen and oxygen atoms in total. The maximum atomic E-state index is 12.6. The van der Waals surface area contributed by atoms with Crippen LogP contribution >= 0.6 is 0 Å². The van der Waals surface area contributed by atoms with E-state index in [2.05, 4.69) is 10.6 Å². The third-order valence-electron chi connectivity index (χ3n) is 4.80. The highest BCUT2D eigenvalue weighted by Gasteiger charge is 2.17. The van der Waals surface area contributed by atoms with E-state index in [1.807, 2.05) is 60.7 Å². The lowest BCUT2D eigenvalue weighted by molar-refractivity contribution is -0.123. The van der Waals surface area contributed by atoms with E-state index in [0.717, 1.165) is 11.1 Å². The molecule has 1 aromatic heterocycles. The Morgan fingerprint density at radius 1 is 0.781 bits per heavy atom. The third kappa shape index (κ3) is 5.43. The number of hydrogen-bond acceptors (Lipinski definition) is 4. The van der Waals surface area contributed by atoms with Crippen molar-refractivity contribution >= 4 is 17.5 Å². The number of carbonyl (C=O) groups is 2. The molecule has 3 aromatic carbocycles. The molecule has 0 saturated carbocycles. The summed E-state index contributed by atoms with van der Waals surface area (Å²) in [6.07, 6.45) is 1.44. The zero-order chi connectivity index (χ0) is 22.2. The summed E-state index contributed by atoms with van der Waals surface area (Å²) >= 11 is 0. The van der Waals surface area contributed by atoms with Crippen LogP contribution in [-0.2, 0) is 4.79 Å². The smallest absolute Gasteiger partial charge is 0.291 e. The van der Waals surface area contributed by atoms with Crippen molar-refractivity contribution < 1.29 is 18.7 Å². The molecule has 0 atom stereocenters. The minimum Gasteiger partial charge on any atom is -0.484 e. The van der Waals surface area contributed by atoms with Gasteiger partial charge >= 0.3 is 0 Å². The van der Waals surface area contributed by atoms with Crippen LogP contribution in [0, 0.1) is 0 Å². The molecule has 0 fully saturated rings. The fourth-order valence-corrected chi connectivity index (χ4v) is 3.24. The molecule has 0 unspecified atom stereocenters. The van der Waals surface area contributed by atoms with E-state index in [-0.39, 0.29) is 30.2 Å². The lowest BCUT2D eigenvalue weighted by atomic mass is 9.99. The van der Waals surface area contributed by atoms with Crippen molar-refractivity contribution in [2.75, 3.05) is 11.9 Å². The molecular formula is C26H22N2O4. The van der Waals surface area contributed by atoms with Crippen molar-refractivity contribution in [3.63, 3.8) is 0 Å². The van der Waals surface area contributed by atoms with Gasteiger partial charge in [0, 0.05) is 5.69 Å². The quantitative estimate of drug-likeness (QED) is 0.423. The highest BCUT2D eigenvalue weighted by Crippen LogP contribution is 2.22. The SMILES string of the molecule is O=C(COc1ccc(NC(=O)c2ccco2)cc1)NC(c1ccccc1)c1ccccc1. The Bertz CT molecular complexity index is 1100. The molecular weight excluding hydrogens is 404 g/mol. The zero-order valence-corrected chi connectivity index (χ0v) is 17.2. The summed E-state index contributed by atoms with van der Waals surface area (Å²) in [5.74, 6) is 0.175. The highest BCUT2D eigenvalue weighted by molar-refractivity contribution is 6.02. The van der Waals surface area contributed by atoms with Crippen LogP contribution in [0.15, 0.2) is 108 Å². The number of amides is 2. The standard InChI is InChI=1S/C26H22N2O4/c29-24(28-25(19-8-3-1-4-9-19)20-10-5-2-6-11-20)18-32-22-15-13-21(14-16-22)27-26(30)23-12-7-17-31-23/h1-17,25H,18H2,(H,27,30)(H,28,29). The minimum atomic E-state index is -0.337.